The molecule has 1 aromatic rings. The van der Waals surface area contributed by atoms with E-state index in [-0.39, 0.29) is 0 Å². The average Bonchev–Trinajstić information content (AvgIpc) is 2.56. The third-order valence-corrected chi connectivity index (χ3v) is 2.80. The zero-order valence-corrected chi connectivity index (χ0v) is 9.29. The number of aliphatic hydroxyl groups excluding tert-OH is 2. The number of nitrogens with zero attached hydrogens (tertiary/aromatic N) is 1. The van der Waals surface area contributed by atoms with Gasteiger partial charge in [0.1, 0.15) is 6.10 Å². The normalized spacial score (nSPS) is 34.7. The van der Waals surface area contributed by atoms with E-state index in [1.165, 1.54) is 0 Å². The molecule has 0 saturated carbocycles. The van der Waals surface area contributed by atoms with Crippen LogP contribution in [0.3, 0.4) is 0 Å². The lowest BCUT2D eigenvalue weighted by molar-refractivity contribution is -0.181. The van der Waals surface area contributed by atoms with Gasteiger partial charge in [0.2, 0.25) is 5.82 Å². The Kier molecular flexibility index (Phi) is 3.26. The van der Waals surface area contributed by atoms with Crippen LogP contribution in [0.5, 0.6) is 0 Å². The van der Waals surface area contributed by atoms with Gasteiger partial charge in [0, 0.05) is 0 Å². The number of nitrogens with one attached hydrogen (secondary N) is 1. The minimum atomic E-state index is -3.31. The monoisotopic (exact) mass is 280 g/mol. The molecule has 0 amide bonds. The second kappa shape index (κ2) is 4.49. The second-order valence-electron chi connectivity index (χ2n) is 4.01. The van der Waals surface area contributed by atoms with Crippen molar-refractivity contribution in [1.29, 1.82) is 0 Å². The minimum Gasteiger partial charge on any atom is -0.393 e. The predicted octanol–water partition coefficient (Wildman–Crippen LogP) is -2.42. The van der Waals surface area contributed by atoms with E-state index in [4.69, 9.17) is 9.84 Å². The molecule has 1 aliphatic heterocycles. The van der Waals surface area contributed by atoms with Gasteiger partial charge in [0.05, 0.1) is 12.8 Å². The lowest BCUT2D eigenvalue weighted by Crippen LogP contribution is -2.45. The van der Waals surface area contributed by atoms with E-state index in [0.29, 0.717) is 10.8 Å². The van der Waals surface area contributed by atoms with E-state index in [2.05, 4.69) is 0 Å². The van der Waals surface area contributed by atoms with E-state index in [1.807, 2.05) is 0 Å². The van der Waals surface area contributed by atoms with Crippen LogP contribution in [0.1, 0.15) is 6.23 Å². The summed E-state index contributed by atoms with van der Waals surface area (Å²) in [6.45, 7) is -0.971. The highest BCUT2D eigenvalue weighted by Gasteiger charge is 2.57. The van der Waals surface area contributed by atoms with Gasteiger partial charge in [-0.05, 0) is 0 Å². The Morgan fingerprint density at radius 3 is 2.68 bits per heavy atom. The molecular formula is C9H10F2N2O6. The topological polar surface area (TPSA) is 125 Å². The summed E-state index contributed by atoms with van der Waals surface area (Å²) in [6.07, 6.45) is -5.43. The average molecular weight is 280 g/mol. The van der Waals surface area contributed by atoms with Gasteiger partial charge < -0.3 is 20.1 Å². The van der Waals surface area contributed by atoms with Crippen LogP contribution in [-0.4, -0.2) is 49.5 Å². The predicted molar refractivity (Wildman–Crippen MR) is 54.3 cm³/mol. The molecule has 106 valence electrons. The first-order valence-electron chi connectivity index (χ1n) is 5.15. The largest absolute Gasteiger partial charge is 0.393 e. The summed E-state index contributed by atoms with van der Waals surface area (Å²) in [7, 11) is 0. The van der Waals surface area contributed by atoms with Crippen molar-refractivity contribution in [2.75, 3.05) is 6.61 Å². The number of alkyl halides is 1. The van der Waals surface area contributed by atoms with Crippen LogP contribution >= 0.6 is 0 Å². The Bertz CT molecular complexity index is 597. The maximum atomic E-state index is 13.7. The van der Waals surface area contributed by atoms with Gasteiger partial charge in [-0.15, -0.1) is 0 Å². The summed E-state index contributed by atoms with van der Waals surface area (Å²) in [5.74, 6) is -4.67. The van der Waals surface area contributed by atoms with Crippen LogP contribution in [0.25, 0.3) is 0 Å². The number of hydrogen-bond acceptors (Lipinski definition) is 6. The fourth-order valence-corrected chi connectivity index (χ4v) is 1.77. The Balaban J connectivity index is 2.47. The first kappa shape index (κ1) is 13.8. The molecule has 0 bridgehead atoms. The standard InChI is InChI=1S/C9H10F2N2O6/c10-3-1-13(8(17)12-6(3)16)7-5(15)9(11,18)4(2-14)19-7/h1,4-5,7,14-15,18H,2H2,(H,12,16,17)/t4-,5+,7-,9-/m1/s1. The van der Waals surface area contributed by atoms with Gasteiger partial charge in [0.25, 0.3) is 11.4 Å². The molecule has 1 aromatic heterocycles. The quantitative estimate of drug-likeness (QED) is 0.478. The number of H-pyrrole nitrogens is 1. The number of ether oxygens (including phenoxy) is 1. The molecule has 1 aliphatic rings. The molecule has 2 heterocycles. The minimum absolute atomic E-state index is 0.377. The van der Waals surface area contributed by atoms with E-state index in [9.17, 15) is 28.6 Å². The van der Waals surface area contributed by atoms with Crippen molar-refractivity contribution in [3.63, 3.8) is 0 Å². The molecule has 0 aromatic carbocycles. The van der Waals surface area contributed by atoms with E-state index >= 15 is 0 Å². The molecule has 19 heavy (non-hydrogen) atoms. The maximum absolute atomic E-state index is 13.7. The van der Waals surface area contributed by atoms with Gasteiger partial charge in [-0.25, -0.2) is 9.18 Å². The molecule has 0 aliphatic carbocycles. The van der Waals surface area contributed by atoms with Crippen LogP contribution in [0.2, 0.25) is 0 Å². The van der Waals surface area contributed by atoms with Crippen molar-refractivity contribution >= 4 is 0 Å². The van der Waals surface area contributed by atoms with Crippen LogP contribution in [0, 0.1) is 5.82 Å². The Morgan fingerprint density at radius 2 is 2.16 bits per heavy atom. The Labute approximate surface area is 103 Å². The van der Waals surface area contributed by atoms with Crippen LogP contribution in [0.15, 0.2) is 15.8 Å². The first-order chi connectivity index (χ1) is 8.78. The zero-order valence-electron chi connectivity index (χ0n) is 9.29. The smallest absolute Gasteiger partial charge is 0.330 e. The summed E-state index contributed by atoms with van der Waals surface area (Å²) in [5.41, 5.74) is -2.45. The zero-order chi connectivity index (χ0) is 14.4. The molecule has 4 N–H and O–H groups in total. The van der Waals surface area contributed by atoms with Crippen molar-refractivity contribution < 1.29 is 28.8 Å². The molecule has 0 unspecified atom stereocenters. The van der Waals surface area contributed by atoms with E-state index < -0.39 is 48.0 Å². The van der Waals surface area contributed by atoms with Gasteiger partial charge in [0.15, 0.2) is 12.3 Å². The lowest BCUT2D eigenvalue weighted by atomic mass is 10.1. The van der Waals surface area contributed by atoms with E-state index in [1.54, 1.807) is 4.98 Å². The van der Waals surface area contributed by atoms with Crippen molar-refractivity contribution in [2.45, 2.75) is 24.3 Å². The Hall–Kier alpha value is -1.62. The number of aromatic amines is 1. The molecule has 8 nitrogen and oxygen atoms in total. The number of hydrogen-bond donors (Lipinski definition) is 4. The molecule has 2 rings (SSSR count). The molecular weight excluding hydrogens is 270 g/mol. The van der Waals surface area contributed by atoms with Gasteiger partial charge in [-0.3, -0.25) is 14.3 Å². The summed E-state index contributed by atoms with van der Waals surface area (Å²) in [5, 5.41) is 27.6. The van der Waals surface area contributed by atoms with Gasteiger partial charge in [-0.1, -0.05) is 0 Å². The molecule has 10 heteroatoms. The van der Waals surface area contributed by atoms with Gasteiger partial charge >= 0.3 is 5.69 Å². The van der Waals surface area contributed by atoms with Gasteiger partial charge in [-0.2, -0.15) is 4.39 Å². The van der Waals surface area contributed by atoms with Crippen molar-refractivity contribution in [1.82, 2.24) is 9.55 Å². The highest BCUT2D eigenvalue weighted by atomic mass is 19.2. The molecule has 1 saturated heterocycles. The third-order valence-electron chi connectivity index (χ3n) is 2.80. The summed E-state index contributed by atoms with van der Waals surface area (Å²) in [4.78, 5) is 23.8. The number of rotatable bonds is 2. The van der Waals surface area contributed by atoms with Crippen molar-refractivity contribution in [3.05, 3.63) is 32.9 Å². The number of halogens is 2. The highest BCUT2D eigenvalue weighted by molar-refractivity contribution is 4.98. The van der Waals surface area contributed by atoms with E-state index in [0.717, 1.165) is 0 Å². The lowest BCUT2D eigenvalue weighted by Gasteiger charge is -2.20. The fraction of sp³-hybridized carbons (Fsp3) is 0.556. The van der Waals surface area contributed by atoms with Crippen LogP contribution in [-0.2, 0) is 4.74 Å². The summed E-state index contributed by atoms with van der Waals surface area (Å²) in [6, 6.07) is 0. The third kappa shape index (κ3) is 2.08. The molecule has 4 atom stereocenters. The molecule has 1 fully saturated rings. The molecule has 0 radical (unpaired) electrons. The summed E-state index contributed by atoms with van der Waals surface area (Å²) < 4.78 is 31.8. The maximum Gasteiger partial charge on any atom is 0.330 e. The summed E-state index contributed by atoms with van der Waals surface area (Å²) >= 11 is 0. The first-order valence-corrected chi connectivity index (χ1v) is 5.15. The number of aromatic nitrogens is 2. The Morgan fingerprint density at radius 1 is 1.53 bits per heavy atom. The fourth-order valence-electron chi connectivity index (χ4n) is 1.77. The molecule has 0 spiro atoms. The van der Waals surface area contributed by atoms with Crippen LogP contribution in [0.4, 0.5) is 8.78 Å². The number of aliphatic hydroxyl groups is 3. The highest BCUT2D eigenvalue weighted by Crippen LogP contribution is 2.37. The second-order valence-corrected chi connectivity index (χ2v) is 4.01. The van der Waals surface area contributed by atoms with Crippen molar-refractivity contribution in [3.8, 4) is 0 Å². The SMILES string of the molecule is O=c1[nH]c(=O)n([C@@H]2O[C@H](CO)[C@](O)(F)[C@H]2O)cc1F. The van der Waals surface area contributed by atoms with Crippen molar-refractivity contribution in [2.24, 2.45) is 0 Å². The van der Waals surface area contributed by atoms with Crippen LogP contribution < -0.4 is 11.2 Å².